The smallest absolute Gasteiger partial charge is 0.338 e. The molecule has 2 atom stereocenters. The Labute approximate surface area is 221 Å². The highest BCUT2D eigenvalue weighted by Gasteiger charge is 2.39. The van der Waals surface area contributed by atoms with Crippen LogP contribution in [0.25, 0.3) is 0 Å². The van der Waals surface area contributed by atoms with Gasteiger partial charge in [-0.3, -0.25) is 14.6 Å². The number of urea groups is 1. The Balaban J connectivity index is 1.64. The van der Waals surface area contributed by atoms with Crippen LogP contribution in [0.4, 0.5) is 4.79 Å². The summed E-state index contributed by atoms with van der Waals surface area (Å²) >= 11 is 1.45. The van der Waals surface area contributed by atoms with E-state index >= 15 is 0 Å². The minimum atomic E-state index is -0.644. The minimum absolute atomic E-state index is 0.0140. The first-order valence-electron chi connectivity index (χ1n) is 12.6. The van der Waals surface area contributed by atoms with Crippen LogP contribution in [0.1, 0.15) is 42.0 Å². The van der Waals surface area contributed by atoms with Crippen molar-refractivity contribution in [2.24, 2.45) is 0 Å². The molecule has 3 amide bonds. The summed E-state index contributed by atoms with van der Waals surface area (Å²) in [7, 11) is 1.59. The lowest BCUT2D eigenvalue weighted by molar-refractivity contribution is -0.139. The fourth-order valence-electron chi connectivity index (χ4n) is 4.94. The molecule has 2 unspecified atom stereocenters. The van der Waals surface area contributed by atoms with Gasteiger partial charge in [-0.15, -0.1) is 11.3 Å². The van der Waals surface area contributed by atoms with Gasteiger partial charge < -0.3 is 19.7 Å². The summed E-state index contributed by atoms with van der Waals surface area (Å²) in [6, 6.07) is 10.1. The summed E-state index contributed by atoms with van der Waals surface area (Å²) in [5.41, 5.74) is 1.83. The van der Waals surface area contributed by atoms with Crippen LogP contribution in [0.5, 0.6) is 5.75 Å². The van der Waals surface area contributed by atoms with Gasteiger partial charge >= 0.3 is 12.0 Å². The maximum atomic E-state index is 13.3. The van der Waals surface area contributed by atoms with Gasteiger partial charge in [0, 0.05) is 44.5 Å². The molecular formula is C27H34N4O5S. The predicted octanol–water partition coefficient (Wildman–Crippen LogP) is 3.51. The second-order valence-electron chi connectivity index (χ2n) is 9.04. The van der Waals surface area contributed by atoms with E-state index in [9.17, 15) is 14.4 Å². The number of benzene rings is 1. The molecule has 0 radical (unpaired) electrons. The van der Waals surface area contributed by atoms with Crippen LogP contribution in [0.3, 0.4) is 0 Å². The molecular weight excluding hydrogens is 492 g/mol. The normalized spacial score (nSPS) is 20.6. The molecule has 1 saturated heterocycles. The van der Waals surface area contributed by atoms with Crippen molar-refractivity contribution in [2.75, 3.05) is 46.4 Å². The van der Waals surface area contributed by atoms with E-state index in [0.717, 1.165) is 10.4 Å². The molecule has 1 fully saturated rings. The molecule has 198 valence electrons. The van der Waals surface area contributed by atoms with Gasteiger partial charge in [0.25, 0.3) is 5.91 Å². The van der Waals surface area contributed by atoms with E-state index in [-0.39, 0.29) is 24.6 Å². The van der Waals surface area contributed by atoms with E-state index in [2.05, 4.69) is 10.2 Å². The minimum Gasteiger partial charge on any atom is -0.497 e. The van der Waals surface area contributed by atoms with Crippen LogP contribution in [-0.4, -0.2) is 85.1 Å². The van der Waals surface area contributed by atoms with Gasteiger partial charge in [0.15, 0.2) is 0 Å². The zero-order valence-corrected chi connectivity index (χ0v) is 22.5. The van der Waals surface area contributed by atoms with Crippen molar-refractivity contribution in [1.29, 1.82) is 0 Å². The maximum absolute atomic E-state index is 13.3. The molecule has 1 N–H and O–H groups in total. The van der Waals surface area contributed by atoms with Gasteiger partial charge in [-0.25, -0.2) is 9.59 Å². The zero-order valence-electron chi connectivity index (χ0n) is 21.7. The third kappa shape index (κ3) is 5.65. The van der Waals surface area contributed by atoms with E-state index in [0.29, 0.717) is 49.7 Å². The predicted molar refractivity (Wildman–Crippen MR) is 142 cm³/mol. The molecule has 2 aliphatic heterocycles. The average molecular weight is 527 g/mol. The van der Waals surface area contributed by atoms with Crippen LogP contribution in [-0.2, 0) is 9.53 Å². The maximum Gasteiger partial charge on any atom is 0.338 e. The zero-order chi connectivity index (χ0) is 26.5. The lowest BCUT2D eigenvalue weighted by Gasteiger charge is -2.42. The van der Waals surface area contributed by atoms with E-state index in [4.69, 9.17) is 9.47 Å². The van der Waals surface area contributed by atoms with Crippen molar-refractivity contribution >= 4 is 29.2 Å². The molecule has 1 aromatic carbocycles. The van der Waals surface area contributed by atoms with Crippen LogP contribution < -0.4 is 10.1 Å². The largest absolute Gasteiger partial charge is 0.497 e. The Morgan fingerprint density at radius 2 is 1.89 bits per heavy atom. The number of carbonyl (C=O) groups is 3. The summed E-state index contributed by atoms with van der Waals surface area (Å²) in [4.78, 5) is 45.9. The van der Waals surface area contributed by atoms with E-state index in [1.165, 1.54) is 11.3 Å². The average Bonchev–Trinajstić information content (AvgIpc) is 3.44. The van der Waals surface area contributed by atoms with Crippen LogP contribution in [0.15, 0.2) is 53.0 Å². The number of nitrogens with zero attached hydrogens (tertiary/aromatic N) is 3. The van der Waals surface area contributed by atoms with E-state index in [1.54, 1.807) is 18.9 Å². The first kappa shape index (κ1) is 26.7. The summed E-state index contributed by atoms with van der Waals surface area (Å²) in [6.45, 7) is 8.55. The number of nitrogens with one attached hydrogen (secondary N) is 1. The number of ether oxygens (including phenoxy) is 2. The Kier molecular flexibility index (Phi) is 8.50. The molecule has 3 heterocycles. The van der Waals surface area contributed by atoms with Crippen molar-refractivity contribution in [1.82, 2.24) is 20.0 Å². The van der Waals surface area contributed by atoms with Gasteiger partial charge in [-0.2, -0.15) is 0 Å². The topological polar surface area (TPSA) is 91.4 Å². The number of thiophene rings is 1. The van der Waals surface area contributed by atoms with Gasteiger partial charge in [0.1, 0.15) is 5.75 Å². The van der Waals surface area contributed by atoms with Crippen molar-refractivity contribution in [3.63, 3.8) is 0 Å². The summed E-state index contributed by atoms with van der Waals surface area (Å²) in [5.74, 6) is 0.281. The number of hydrogen-bond donors (Lipinski definition) is 1. The van der Waals surface area contributed by atoms with Crippen LogP contribution in [0.2, 0.25) is 0 Å². The van der Waals surface area contributed by atoms with Gasteiger partial charge in [-0.05, 0) is 49.9 Å². The van der Waals surface area contributed by atoms with Crippen molar-refractivity contribution in [3.8, 4) is 5.75 Å². The Morgan fingerprint density at radius 1 is 1.14 bits per heavy atom. The highest BCUT2D eigenvalue weighted by Crippen LogP contribution is 2.33. The number of hydrogen-bond acceptors (Lipinski definition) is 7. The summed E-state index contributed by atoms with van der Waals surface area (Å²) in [5, 5.41) is 4.90. The Morgan fingerprint density at radius 3 is 2.49 bits per heavy atom. The molecule has 0 bridgehead atoms. The lowest BCUT2D eigenvalue weighted by atomic mass is 9.94. The first-order chi connectivity index (χ1) is 17.9. The molecule has 10 heteroatoms. The van der Waals surface area contributed by atoms with E-state index < -0.39 is 12.0 Å². The van der Waals surface area contributed by atoms with Gasteiger partial charge in [0.05, 0.1) is 30.2 Å². The molecule has 4 rings (SSSR count). The molecule has 0 spiro atoms. The quantitative estimate of drug-likeness (QED) is 0.530. The molecule has 0 saturated carbocycles. The second-order valence-corrected chi connectivity index (χ2v) is 9.99. The number of piperazine rings is 1. The van der Waals surface area contributed by atoms with Crippen molar-refractivity contribution < 1.29 is 23.9 Å². The molecule has 2 aromatic rings. The molecule has 0 aliphatic carbocycles. The number of amides is 3. The van der Waals surface area contributed by atoms with Crippen LogP contribution >= 0.6 is 11.3 Å². The monoisotopic (exact) mass is 526 g/mol. The molecule has 9 nitrogen and oxygen atoms in total. The standard InChI is InChI=1S/C27H34N4O5S/c1-5-30-21(17-29-13-14-31(18(3)16-29)25(32)22-8-7-15-37-22)23(26(33)36-6-2)24(28-27(30)34)19-9-11-20(35-4)12-10-19/h7-12,15,18,24H,5-6,13-14,16-17H2,1-4H3,(H,28,34). The Hall–Kier alpha value is -3.37. The number of methoxy groups -OCH3 is 1. The number of esters is 1. The van der Waals surface area contributed by atoms with Crippen molar-refractivity contribution in [3.05, 3.63) is 63.5 Å². The van der Waals surface area contributed by atoms with Gasteiger partial charge in [-0.1, -0.05) is 18.2 Å². The van der Waals surface area contributed by atoms with Crippen LogP contribution in [0, 0.1) is 0 Å². The molecule has 37 heavy (non-hydrogen) atoms. The third-order valence-electron chi connectivity index (χ3n) is 6.78. The highest BCUT2D eigenvalue weighted by molar-refractivity contribution is 7.12. The van der Waals surface area contributed by atoms with Crippen molar-refractivity contribution in [2.45, 2.75) is 32.9 Å². The fraction of sp³-hybridized carbons (Fsp3) is 0.444. The SMILES string of the molecule is CCOC(=O)C1=C(CN2CCN(C(=O)c3cccs3)C(C)C2)N(CC)C(=O)NC1c1ccc(OC)cc1. The molecule has 1 aromatic heterocycles. The number of rotatable bonds is 8. The first-order valence-corrected chi connectivity index (χ1v) is 13.4. The fourth-order valence-corrected chi connectivity index (χ4v) is 5.61. The third-order valence-corrected chi connectivity index (χ3v) is 7.63. The summed E-state index contributed by atoms with van der Waals surface area (Å²) < 4.78 is 10.7. The van der Waals surface area contributed by atoms with Gasteiger partial charge in [0.2, 0.25) is 0 Å². The molecule has 2 aliphatic rings. The number of carbonyl (C=O) groups excluding carboxylic acids is 3. The Bertz CT molecular complexity index is 1150. The highest BCUT2D eigenvalue weighted by atomic mass is 32.1. The second kappa shape index (κ2) is 11.8. The lowest BCUT2D eigenvalue weighted by Crippen LogP contribution is -2.56. The number of likely N-dealkylation sites (N-methyl/N-ethyl adjacent to an activating group) is 1. The summed E-state index contributed by atoms with van der Waals surface area (Å²) in [6.07, 6.45) is 0. The van der Waals surface area contributed by atoms with E-state index in [1.807, 2.05) is 60.5 Å².